The Balaban J connectivity index is 1.27. The van der Waals surface area contributed by atoms with Gasteiger partial charge in [0.2, 0.25) is 0 Å². The first kappa shape index (κ1) is 29.6. The highest BCUT2D eigenvalue weighted by molar-refractivity contribution is 6.12. The fraction of sp³-hybridized carbons (Fsp3) is 0.400. The van der Waals surface area contributed by atoms with Gasteiger partial charge in [-0.1, -0.05) is 18.2 Å². The molecule has 218 valence electrons. The highest BCUT2D eigenvalue weighted by Gasteiger charge is 2.38. The smallest absolute Gasteiger partial charge is 0.354 e. The topological polar surface area (TPSA) is 144 Å². The largest absolute Gasteiger partial charge is 0.497 e. The zero-order valence-electron chi connectivity index (χ0n) is 23.6. The maximum absolute atomic E-state index is 12.6. The third-order valence-electron chi connectivity index (χ3n) is 7.49. The summed E-state index contributed by atoms with van der Waals surface area (Å²) < 4.78 is 5.35. The van der Waals surface area contributed by atoms with Gasteiger partial charge >= 0.3 is 18.0 Å². The summed E-state index contributed by atoms with van der Waals surface area (Å²) in [5.74, 6) is -1.10. The minimum absolute atomic E-state index is 0.202. The minimum atomic E-state index is -1.29. The molecule has 41 heavy (non-hydrogen) atoms. The van der Waals surface area contributed by atoms with Crippen LogP contribution >= 0.6 is 0 Å². The second kappa shape index (κ2) is 13.3. The maximum Gasteiger partial charge on any atom is 0.354 e. The average Bonchev–Trinajstić information content (AvgIpc) is 2.95. The molecule has 2 aliphatic heterocycles. The number of allylic oxidation sites excluding steroid dienone is 1. The van der Waals surface area contributed by atoms with Gasteiger partial charge in [-0.05, 0) is 94.6 Å². The summed E-state index contributed by atoms with van der Waals surface area (Å²) in [7, 11) is 1.69. The zero-order valence-corrected chi connectivity index (χ0v) is 23.6. The Kier molecular flexibility index (Phi) is 9.61. The Bertz CT molecular complexity index is 1350. The number of methoxy groups -OCH3 is 1. The number of rotatable bonds is 10. The van der Waals surface area contributed by atoms with Crippen LogP contribution in [0.2, 0.25) is 0 Å². The van der Waals surface area contributed by atoms with Crippen molar-refractivity contribution in [2.75, 3.05) is 43.5 Å². The summed E-state index contributed by atoms with van der Waals surface area (Å²) in [4.78, 5) is 44.4. The Hall–Kier alpha value is -4.38. The predicted molar refractivity (Wildman–Crippen MR) is 157 cm³/mol. The molecule has 4 rings (SSSR count). The van der Waals surface area contributed by atoms with Crippen molar-refractivity contribution in [3.05, 3.63) is 65.5 Å². The van der Waals surface area contributed by atoms with Crippen LogP contribution in [0.1, 0.15) is 44.6 Å². The fourth-order valence-corrected chi connectivity index (χ4v) is 5.49. The van der Waals surface area contributed by atoms with Crippen molar-refractivity contribution >= 4 is 35.1 Å². The number of aliphatic carboxylic acids is 2. The second-order valence-electron chi connectivity index (χ2n) is 10.3. The molecule has 1 atom stereocenters. The molecule has 1 fully saturated rings. The summed E-state index contributed by atoms with van der Waals surface area (Å²) in [5, 5.41) is 25.2. The number of anilines is 2. The zero-order chi connectivity index (χ0) is 29.5. The number of carboxylic acids is 2. The molecule has 1 unspecified atom stereocenters. The van der Waals surface area contributed by atoms with Crippen LogP contribution in [0, 0.1) is 0 Å². The molecule has 2 aromatic rings. The molecule has 0 saturated carbocycles. The van der Waals surface area contributed by atoms with E-state index in [-0.39, 0.29) is 17.1 Å². The molecule has 2 aliphatic rings. The predicted octanol–water partition coefficient (Wildman–Crippen LogP) is 4.14. The maximum atomic E-state index is 12.6. The number of nitrogens with one attached hydrogen (secondary N) is 2. The van der Waals surface area contributed by atoms with Crippen molar-refractivity contribution in [2.45, 2.75) is 45.1 Å². The molecule has 2 aromatic carbocycles. The van der Waals surface area contributed by atoms with Gasteiger partial charge in [-0.25, -0.2) is 14.4 Å². The molecule has 1 saturated heterocycles. The molecule has 0 spiro atoms. The fourth-order valence-electron chi connectivity index (χ4n) is 5.49. The van der Waals surface area contributed by atoms with Crippen LogP contribution in [-0.2, 0) is 9.59 Å². The van der Waals surface area contributed by atoms with Crippen molar-refractivity contribution in [3.63, 3.8) is 0 Å². The lowest BCUT2D eigenvalue weighted by atomic mass is 9.89. The van der Waals surface area contributed by atoms with Crippen molar-refractivity contribution in [2.24, 2.45) is 4.99 Å². The van der Waals surface area contributed by atoms with Crippen LogP contribution in [-0.4, -0.2) is 78.1 Å². The molecular formula is C30H37N5O6. The van der Waals surface area contributed by atoms with E-state index in [9.17, 15) is 24.6 Å². The lowest BCUT2D eigenvalue weighted by Crippen LogP contribution is -2.49. The normalized spacial score (nSPS) is 18.1. The van der Waals surface area contributed by atoms with Crippen LogP contribution in [0.25, 0.3) is 0 Å². The SMILES string of the molecule is COc1cccc(C2CCN(CCCNC(=O)Nc3cccc(N4C(C(=O)O)=C(C)N=C(C)C4C(=O)O)c3)CC2)c1. The molecule has 11 nitrogen and oxygen atoms in total. The van der Waals surface area contributed by atoms with E-state index in [1.165, 1.54) is 17.4 Å². The van der Waals surface area contributed by atoms with E-state index in [0.717, 1.165) is 44.6 Å². The Morgan fingerprint density at radius 1 is 1.05 bits per heavy atom. The lowest BCUT2D eigenvalue weighted by Gasteiger charge is -2.34. The molecule has 11 heteroatoms. The molecule has 0 radical (unpaired) electrons. The highest BCUT2D eigenvalue weighted by Crippen LogP contribution is 2.32. The molecule has 0 aromatic heterocycles. The number of aliphatic imine (C=N–C) groups is 1. The number of benzene rings is 2. The van der Waals surface area contributed by atoms with E-state index in [1.807, 2.05) is 12.1 Å². The first-order chi connectivity index (χ1) is 19.7. The number of piperidine rings is 1. The van der Waals surface area contributed by atoms with Crippen LogP contribution in [0.5, 0.6) is 5.75 Å². The van der Waals surface area contributed by atoms with E-state index >= 15 is 0 Å². The Labute approximate surface area is 239 Å². The van der Waals surface area contributed by atoms with Crippen LogP contribution < -0.4 is 20.3 Å². The van der Waals surface area contributed by atoms with Crippen molar-refractivity contribution in [3.8, 4) is 5.75 Å². The van der Waals surface area contributed by atoms with Gasteiger partial charge in [-0.3, -0.25) is 4.99 Å². The Morgan fingerprint density at radius 3 is 2.46 bits per heavy atom. The molecule has 2 amide bonds. The van der Waals surface area contributed by atoms with Gasteiger partial charge in [0.05, 0.1) is 12.8 Å². The number of urea groups is 1. The highest BCUT2D eigenvalue weighted by atomic mass is 16.5. The monoisotopic (exact) mass is 563 g/mol. The van der Waals surface area contributed by atoms with Crippen LogP contribution in [0.3, 0.4) is 0 Å². The number of carbonyl (C=O) groups excluding carboxylic acids is 1. The van der Waals surface area contributed by atoms with E-state index in [1.54, 1.807) is 38.3 Å². The van der Waals surface area contributed by atoms with Gasteiger partial charge in [0.25, 0.3) is 0 Å². The number of amides is 2. The number of hydrogen-bond donors (Lipinski definition) is 4. The summed E-state index contributed by atoms with van der Waals surface area (Å²) in [6.07, 6.45) is 2.97. The summed E-state index contributed by atoms with van der Waals surface area (Å²) >= 11 is 0. The number of carboxylic acid groups (broad SMARTS) is 2. The molecule has 4 N–H and O–H groups in total. The van der Waals surface area contributed by atoms with Gasteiger partial charge in [0.15, 0.2) is 6.04 Å². The number of nitrogens with zero attached hydrogens (tertiary/aromatic N) is 3. The summed E-state index contributed by atoms with van der Waals surface area (Å²) in [6.45, 7) is 6.46. The third kappa shape index (κ3) is 7.23. The van der Waals surface area contributed by atoms with Gasteiger partial charge in [-0.15, -0.1) is 0 Å². The molecule has 2 heterocycles. The minimum Gasteiger partial charge on any atom is -0.497 e. The van der Waals surface area contributed by atoms with Crippen LogP contribution in [0.15, 0.2) is 64.9 Å². The second-order valence-corrected chi connectivity index (χ2v) is 10.3. The van der Waals surface area contributed by atoms with Gasteiger partial charge in [0.1, 0.15) is 11.4 Å². The van der Waals surface area contributed by atoms with E-state index in [0.29, 0.717) is 23.8 Å². The summed E-state index contributed by atoms with van der Waals surface area (Å²) in [5.41, 5.74) is 2.29. The number of hydrogen-bond acceptors (Lipinski definition) is 7. The lowest BCUT2D eigenvalue weighted by molar-refractivity contribution is -0.137. The number of ether oxygens (including phenoxy) is 1. The molecule has 0 aliphatic carbocycles. The number of carbonyl (C=O) groups is 3. The first-order valence-electron chi connectivity index (χ1n) is 13.7. The van der Waals surface area contributed by atoms with Gasteiger partial charge in [-0.2, -0.15) is 0 Å². The van der Waals surface area contributed by atoms with Crippen LogP contribution in [0.4, 0.5) is 16.2 Å². The van der Waals surface area contributed by atoms with Gasteiger partial charge in [0, 0.05) is 23.6 Å². The van der Waals surface area contributed by atoms with E-state index in [4.69, 9.17) is 4.74 Å². The summed E-state index contributed by atoms with van der Waals surface area (Å²) in [6, 6.07) is 13.1. The first-order valence-corrected chi connectivity index (χ1v) is 13.7. The standard InChI is InChI=1S/C30H37N5O6/c1-19-26(28(36)37)35(27(29(38)39)20(2)32-19)24-9-5-8-23(18-24)33-30(40)31-13-6-14-34-15-11-21(12-16-34)22-7-4-10-25(17-22)41-3/h4-5,7-10,17-18,21,26H,6,11-16H2,1-3H3,(H,36,37)(H,38,39)(H2,31,33,40). The van der Waals surface area contributed by atoms with E-state index < -0.39 is 24.0 Å². The molecule has 0 bridgehead atoms. The van der Waals surface area contributed by atoms with Crippen molar-refractivity contribution in [1.82, 2.24) is 10.2 Å². The molecular weight excluding hydrogens is 526 g/mol. The number of likely N-dealkylation sites (tertiary alicyclic amines) is 1. The van der Waals surface area contributed by atoms with Gasteiger partial charge < -0.3 is 35.4 Å². The van der Waals surface area contributed by atoms with Crippen molar-refractivity contribution < 1.29 is 29.3 Å². The van der Waals surface area contributed by atoms with Crippen molar-refractivity contribution in [1.29, 1.82) is 0 Å². The average molecular weight is 564 g/mol. The third-order valence-corrected chi connectivity index (χ3v) is 7.49. The quantitative estimate of drug-likeness (QED) is 0.316. The Morgan fingerprint density at radius 2 is 1.78 bits per heavy atom. The van der Waals surface area contributed by atoms with E-state index in [2.05, 4.69) is 32.7 Å².